The Labute approximate surface area is 123 Å². The summed E-state index contributed by atoms with van der Waals surface area (Å²) in [5, 5.41) is 11.5. The highest BCUT2D eigenvalue weighted by Crippen LogP contribution is 2.21. The highest BCUT2D eigenvalue weighted by atomic mass is 16.5. The Hall–Kier alpha value is -2.35. The Morgan fingerprint density at radius 3 is 2.95 bits per heavy atom. The van der Waals surface area contributed by atoms with E-state index in [0.717, 1.165) is 18.4 Å². The number of Topliss-reactive ketones (excluding diaryl/α,β-unsaturated/α-hetero) is 1. The second kappa shape index (κ2) is 6.89. The van der Waals surface area contributed by atoms with E-state index < -0.39 is 0 Å². The van der Waals surface area contributed by atoms with Gasteiger partial charge in [0.15, 0.2) is 5.78 Å². The fourth-order valence-electron chi connectivity index (χ4n) is 2.49. The standard InChI is InChI=1S/C16H18N2O3/c1-21-15-10-12(7-6-11(15)8-9-17)16(20)18-13-4-2-3-5-14(13)19/h6-7,10,13H,2-5,8H2,1H3,(H,18,20). The number of ketones is 1. The number of carbonyl (C=O) groups excluding carboxylic acids is 2. The molecule has 0 heterocycles. The van der Waals surface area contributed by atoms with Crippen LogP contribution >= 0.6 is 0 Å². The summed E-state index contributed by atoms with van der Waals surface area (Å²) in [7, 11) is 1.50. The molecule has 5 nitrogen and oxygen atoms in total. The average molecular weight is 286 g/mol. The van der Waals surface area contributed by atoms with E-state index in [-0.39, 0.29) is 24.2 Å². The number of ether oxygens (including phenoxy) is 1. The van der Waals surface area contributed by atoms with E-state index >= 15 is 0 Å². The summed E-state index contributed by atoms with van der Waals surface area (Å²) in [6.07, 6.45) is 3.33. The van der Waals surface area contributed by atoms with Crippen LogP contribution in [-0.4, -0.2) is 24.8 Å². The van der Waals surface area contributed by atoms with Crippen molar-refractivity contribution >= 4 is 11.7 Å². The number of nitrogens with one attached hydrogen (secondary N) is 1. The molecule has 1 aromatic rings. The van der Waals surface area contributed by atoms with Crippen LogP contribution in [-0.2, 0) is 11.2 Å². The van der Waals surface area contributed by atoms with Crippen LogP contribution in [0.4, 0.5) is 0 Å². The summed E-state index contributed by atoms with van der Waals surface area (Å²) >= 11 is 0. The van der Waals surface area contributed by atoms with Gasteiger partial charge < -0.3 is 10.1 Å². The Kier molecular flexibility index (Phi) is 4.94. The predicted molar refractivity (Wildman–Crippen MR) is 77.0 cm³/mol. The zero-order valence-corrected chi connectivity index (χ0v) is 12.0. The van der Waals surface area contributed by atoms with Gasteiger partial charge in [-0.25, -0.2) is 0 Å². The molecule has 2 rings (SSSR count). The molecule has 1 N–H and O–H groups in total. The van der Waals surface area contributed by atoms with Crippen LogP contribution in [0.5, 0.6) is 5.75 Å². The van der Waals surface area contributed by atoms with Crippen molar-refractivity contribution in [1.29, 1.82) is 5.26 Å². The molecule has 0 aliphatic heterocycles. The molecule has 1 atom stereocenters. The van der Waals surface area contributed by atoms with Gasteiger partial charge in [0, 0.05) is 17.5 Å². The second-order valence-electron chi connectivity index (χ2n) is 5.10. The number of carbonyl (C=O) groups is 2. The molecule has 1 unspecified atom stereocenters. The molecular formula is C16H18N2O3. The zero-order chi connectivity index (χ0) is 15.2. The lowest BCUT2D eigenvalue weighted by Gasteiger charge is -2.21. The third-order valence-electron chi connectivity index (χ3n) is 3.68. The smallest absolute Gasteiger partial charge is 0.251 e. The molecule has 1 saturated carbocycles. The maximum atomic E-state index is 12.2. The lowest BCUT2D eigenvalue weighted by Crippen LogP contribution is -2.42. The van der Waals surface area contributed by atoms with Gasteiger partial charge in [-0.05, 0) is 25.0 Å². The SMILES string of the molecule is COc1cc(C(=O)NC2CCCCC2=O)ccc1CC#N. The summed E-state index contributed by atoms with van der Waals surface area (Å²) < 4.78 is 5.20. The number of hydrogen-bond acceptors (Lipinski definition) is 4. The van der Waals surface area contributed by atoms with Gasteiger partial charge >= 0.3 is 0 Å². The molecule has 1 aliphatic carbocycles. The predicted octanol–water partition coefficient (Wildman–Crippen LogP) is 2.00. The van der Waals surface area contributed by atoms with Crippen LogP contribution in [0.2, 0.25) is 0 Å². The van der Waals surface area contributed by atoms with Crippen molar-refractivity contribution in [2.75, 3.05) is 7.11 Å². The van der Waals surface area contributed by atoms with Crippen molar-refractivity contribution < 1.29 is 14.3 Å². The Morgan fingerprint density at radius 1 is 1.48 bits per heavy atom. The molecule has 0 spiro atoms. The number of amides is 1. The fraction of sp³-hybridized carbons (Fsp3) is 0.438. The average Bonchev–Trinajstić information content (AvgIpc) is 2.50. The van der Waals surface area contributed by atoms with E-state index in [9.17, 15) is 9.59 Å². The molecule has 110 valence electrons. The summed E-state index contributed by atoms with van der Waals surface area (Å²) in [6, 6.07) is 6.64. The molecule has 0 radical (unpaired) electrons. The second-order valence-corrected chi connectivity index (χ2v) is 5.10. The van der Waals surface area contributed by atoms with E-state index in [0.29, 0.717) is 24.2 Å². The minimum Gasteiger partial charge on any atom is -0.496 e. The van der Waals surface area contributed by atoms with E-state index in [1.54, 1.807) is 18.2 Å². The molecule has 1 aliphatic rings. The molecule has 1 fully saturated rings. The van der Waals surface area contributed by atoms with Gasteiger partial charge in [0.05, 0.1) is 25.6 Å². The van der Waals surface area contributed by atoms with E-state index in [4.69, 9.17) is 10.00 Å². The first-order valence-corrected chi connectivity index (χ1v) is 7.03. The maximum absolute atomic E-state index is 12.2. The van der Waals surface area contributed by atoms with Crippen LogP contribution in [0.3, 0.4) is 0 Å². The van der Waals surface area contributed by atoms with Crippen LogP contribution in [0, 0.1) is 11.3 Å². The highest BCUT2D eigenvalue weighted by Gasteiger charge is 2.24. The first kappa shape index (κ1) is 15.0. The number of nitriles is 1. The number of hydrogen-bond donors (Lipinski definition) is 1. The zero-order valence-electron chi connectivity index (χ0n) is 12.0. The molecule has 0 saturated heterocycles. The van der Waals surface area contributed by atoms with Crippen molar-refractivity contribution in [3.63, 3.8) is 0 Å². The third kappa shape index (κ3) is 3.60. The molecule has 21 heavy (non-hydrogen) atoms. The lowest BCUT2D eigenvalue weighted by atomic mass is 9.94. The van der Waals surface area contributed by atoms with Crippen molar-refractivity contribution in [3.05, 3.63) is 29.3 Å². The molecule has 0 aromatic heterocycles. The quantitative estimate of drug-likeness (QED) is 0.918. The van der Waals surface area contributed by atoms with Gasteiger partial charge in [0.25, 0.3) is 5.91 Å². The Bertz CT molecular complexity index is 590. The Balaban J connectivity index is 2.12. The first-order valence-electron chi connectivity index (χ1n) is 7.03. The maximum Gasteiger partial charge on any atom is 0.251 e. The summed E-state index contributed by atoms with van der Waals surface area (Å²) in [6.45, 7) is 0. The topological polar surface area (TPSA) is 79.2 Å². The van der Waals surface area contributed by atoms with E-state index in [1.165, 1.54) is 7.11 Å². The van der Waals surface area contributed by atoms with Crippen LogP contribution in [0.1, 0.15) is 41.6 Å². The van der Waals surface area contributed by atoms with Gasteiger partial charge in [-0.1, -0.05) is 12.5 Å². The summed E-state index contributed by atoms with van der Waals surface area (Å²) in [5.74, 6) is 0.332. The highest BCUT2D eigenvalue weighted by molar-refractivity contribution is 5.98. The molecule has 1 aromatic carbocycles. The van der Waals surface area contributed by atoms with Gasteiger partial charge in [-0.2, -0.15) is 5.26 Å². The van der Waals surface area contributed by atoms with Crippen molar-refractivity contribution in [2.45, 2.75) is 38.1 Å². The van der Waals surface area contributed by atoms with Gasteiger partial charge in [0.2, 0.25) is 0 Å². The normalized spacial score (nSPS) is 17.9. The van der Waals surface area contributed by atoms with E-state index in [1.807, 2.05) is 0 Å². The first-order chi connectivity index (χ1) is 10.2. The Morgan fingerprint density at radius 2 is 2.29 bits per heavy atom. The van der Waals surface area contributed by atoms with Gasteiger partial charge in [0.1, 0.15) is 5.75 Å². The van der Waals surface area contributed by atoms with Gasteiger partial charge in [-0.15, -0.1) is 0 Å². The lowest BCUT2D eigenvalue weighted by molar-refractivity contribution is -0.122. The largest absolute Gasteiger partial charge is 0.496 e. The molecular weight excluding hydrogens is 268 g/mol. The van der Waals surface area contributed by atoms with Crippen molar-refractivity contribution in [2.24, 2.45) is 0 Å². The minimum absolute atomic E-state index is 0.0997. The number of rotatable bonds is 4. The van der Waals surface area contributed by atoms with Crippen molar-refractivity contribution in [1.82, 2.24) is 5.32 Å². The van der Waals surface area contributed by atoms with Crippen LogP contribution in [0.15, 0.2) is 18.2 Å². The number of benzene rings is 1. The van der Waals surface area contributed by atoms with Gasteiger partial charge in [-0.3, -0.25) is 9.59 Å². The number of nitrogens with zero attached hydrogens (tertiary/aromatic N) is 1. The molecule has 5 heteroatoms. The minimum atomic E-state index is -0.379. The monoisotopic (exact) mass is 286 g/mol. The summed E-state index contributed by atoms with van der Waals surface area (Å²) in [5.41, 5.74) is 1.18. The van der Waals surface area contributed by atoms with Crippen molar-refractivity contribution in [3.8, 4) is 11.8 Å². The van der Waals surface area contributed by atoms with Crippen LogP contribution < -0.4 is 10.1 Å². The molecule has 0 bridgehead atoms. The summed E-state index contributed by atoms with van der Waals surface area (Å²) in [4.78, 5) is 24.0. The fourth-order valence-corrected chi connectivity index (χ4v) is 2.49. The van der Waals surface area contributed by atoms with Crippen LogP contribution in [0.25, 0.3) is 0 Å². The number of methoxy groups -OCH3 is 1. The molecule has 1 amide bonds. The third-order valence-corrected chi connectivity index (χ3v) is 3.68. The van der Waals surface area contributed by atoms with E-state index in [2.05, 4.69) is 11.4 Å².